The average Bonchev–Trinajstić information content (AvgIpc) is 2.61. The Bertz CT molecular complexity index is 593. The van der Waals surface area contributed by atoms with Gasteiger partial charge in [-0.2, -0.15) is 0 Å². The van der Waals surface area contributed by atoms with E-state index in [4.69, 9.17) is 4.74 Å². The minimum atomic E-state index is -0.340. The SMILES string of the molecule is O=C(COc1ccc(F)cc1)N1CCCC(N2CCNCC2=O)C1. The van der Waals surface area contributed by atoms with Crippen LogP contribution in [-0.2, 0) is 9.59 Å². The quantitative estimate of drug-likeness (QED) is 0.877. The predicted molar refractivity (Wildman–Crippen MR) is 86.1 cm³/mol. The fourth-order valence-electron chi connectivity index (χ4n) is 3.21. The van der Waals surface area contributed by atoms with Crippen molar-refractivity contribution in [2.75, 3.05) is 39.3 Å². The number of hydrogen-bond donors (Lipinski definition) is 1. The number of nitrogens with zero attached hydrogens (tertiary/aromatic N) is 2. The number of ether oxygens (including phenoxy) is 1. The highest BCUT2D eigenvalue weighted by Crippen LogP contribution is 2.18. The molecule has 2 fully saturated rings. The first kappa shape index (κ1) is 16.7. The molecule has 0 bridgehead atoms. The molecule has 0 saturated carbocycles. The van der Waals surface area contributed by atoms with Crippen molar-refractivity contribution in [1.29, 1.82) is 0 Å². The van der Waals surface area contributed by atoms with Gasteiger partial charge >= 0.3 is 0 Å². The zero-order valence-electron chi connectivity index (χ0n) is 13.5. The number of rotatable bonds is 4. The van der Waals surface area contributed by atoms with E-state index < -0.39 is 0 Å². The zero-order chi connectivity index (χ0) is 16.9. The Labute approximate surface area is 140 Å². The highest BCUT2D eigenvalue weighted by molar-refractivity contribution is 5.80. The van der Waals surface area contributed by atoms with Gasteiger partial charge < -0.3 is 19.9 Å². The van der Waals surface area contributed by atoms with Gasteiger partial charge in [-0.1, -0.05) is 0 Å². The molecule has 0 aromatic heterocycles. The molecule has 0 spiro atoms. The fraction of sp³-hybridized carbons (Fsp3) is 0.529. The summed E-state index contributed by atoms with van der Waals surface area (Å²) >= 11 is 0. The van der Waals surface area contributed by atoms with Crippen molar-refractivity contribution < 1.29 is 18.7 Å². The summed E-state index contributed by atoms with van der Waals surface area (Å²) in [5, 5.41) is 3.06. The average molecular weight is 335 g/mol. The highest BCUT2D eigenvalue weighted by atomic mass is 19.1. The van der Waals surface area contributed by atoms with E-state index in [1.54, 1.807) is 4.90 Å². The Balaban J connectivity index is 1.52. The molecule has 24 heavy (non-hydrogen) atoms. The third kappa shape index (κ3) is 4.03. The largest absolute Gasteiger partial charge is 0.484 e. The van der Waals surface area contributed by atoms with Crippen LogP contribution in [0.2, 0.25) is 0 Å². The Morgan fingerprint density at radius 1 is 1.29 bits per heavy atom. The first-order chi connectivity index (χ1) is 11.6. The highest BCUT2D eigenvalue weighted by Gasteiger charge is 2.31. The van der Waals surface area contributed by atoms with Crippen LogP contribution in [0.3, 0.4) is 0 Å². The molecule has 2 saturated heterocycles. The van der Waals surface area contributed by atoms with Crippen LogP contribution in [0.5, 0.6) is 5.75 Å². The van der Waals surface area contributed by atoms with Crippen molar-refractivity contribution in [1.82, 2.24) is 15.1 Å². The van der Waals surface area contributed by atoms with Crippen molar-refractivity contribution in [3.63, 3.8) is 0 Å². The molecular weight excluding hydrogens is 313 g/mol. The molecule has 1 aromatic rings. The summed E-state index contributed by atoms with van der Waals surface area (Å²) in [6.07, 6.45) is 1.80. The summed E-state index contributed by atoms with van der Waals surface area (Å²) < 4.78 is 18.3. The Morgan fingerprint density at radius 3 is 2.83 bits per heavy atom. The number of carbonyl (C=O) groups is 2. The van der Waals surface area contributed by atoms with Crippen LogP contribution >= 0.6 is 0 Å². The van der Waals surface area contributed by atoms with Gasteiger partial charge in [-0.05, 0) is 37.1 Å². The molecule has 2 aliphatic heterocycles. The van der Waals surface area contributed by atoms with Crippen molar-refractivity contribution in [3.8, 4) is 5.75 Å². The van der Waals surface area contributed by atoms with E-state index in [2.05, 4.69) is 5.32 Å². The Kier molecular flexibility index (Phi) is 5.30. The number of halogens is 1. The molecule has 7 heteroatoms. The topological polar surface area (TPSA) is 61.9 Å². The molecule has 1 atom stereocenters. The lowest BCUT2D eigenvalue weighted by Gasteiger charge is -2.41. The van der Waals surface area contributed by atoms with Crippen LogP contribution in [0.25, 0.3) is 0 Å². The first-order valence-corrected chi connectivity index (χ1v) is 8.30. The molecule has 1 N–H and O–H groups in total. The van der Waals surface area contributed by atoms with Crippen LogP contribution < -0.4 is 10.1 Å². The summed E-state index contributed by atoms with van der Waals surface area (Å²) in [5.74, 6) is 0.124. The second-order valence-corrected chi connectivity index (χ2v) is 6.14. The lowest BCUT2D eigenvalue weighted by molar-refractivity contribution is -0.141. The standard InChI is InChI=1S/C17H22FN3O3/c18-13-3-5-15(6-4-13)24-12-17(23)20-8-1-2-14(11-20)21-9-7-19-10-16(21)22/h3-6,14,19H,1-2,7-12H2. The van der Waals surface area contributed by atoms with Crippen molar-refractivity contribution >= 4 is 11.8 Å². The Morgan fingerprint density at radius 2 is 2.08 bits per heavy atom. The van der Waals surface area contributed by atoms with Gasteiger partial charge in [0.25, 0.3) is 5.91 Å². The molecule has 2 heterocycles. The lowest BCUT2D eigenvalue weighted by atomic mass is 10.0. The van der Waals surface area contributed by atoms with E-state index in [0.717, 1.165) is 19.4 Å². The maximum Gasteiger partial charge on any atom is 0.260 e. The van der Waals surface area contributed by atoms with Crippen molar-refractivity contribution in [2.24, 2.45) is 0 Å². The maximum absolute atomic E-state index is 12.9. The number of amides is 2. The van der Waals surface area contributed by atoms with E-state index in [1.807, 2.05) is 4.90 Å². The summed E-state index contributed by atoms with van der Waals surface area (Å²) in [6.45, 7) is 3.02. The molecule has 0 aliphatic carbocycles. The van der Waals surface area contributed by atoms with Gasteiger partial charge in [-0.25, -0.2) is 4.39 Å². The second kappa shape index (κ2) is 7.61. The van der Waals surface area contributed by atoms with Gasteiger partial charge in [0.1, 0.15) is 11.6 Å². The van der Waals surface area contributed by atoms with Crippen LogP contribution in [0.4, 0.5) is 4.39 Å². The van der Waals surface area contributed by atoms with Crippen LogP contribution in [0.1, 0.15) is 12.8 Å². The number of hydrogen-bond acceptors (Lipinski definition) is 4. The third-order valence-electron chi connectivity index (χ3n) is 4.49. The van der Waals surface area contributed by atoms with E-state index in [-0.39, 0.29) is 30.3 Å². The number of benzene rings is 1. The van der Waals surface area contributed by atoms with E-state index in [9.17, 15) is 14.0 Å². The van der Waals surface area contributed by atoms with Crippen LogP contribution in [0.15, 0.2) is 24.3 Å². The normalized spacial score (nSPS) is 21.7. The molecule has 0 radical (unpaired) electrons. The minimum Gasteiger partial charge on any atom is -0.484 e. The number of likely N-dealkylation sites (tertiary alicyclic amines) is 1. The number of piperazine rings is 1. The predicted octanol–water partition coefficient (Wildman–Crippen LogP) is 0.627. The molecular formula is C17H22FN3O3. The summed E-state index contributed by atoms with van der Waals surface area (Å²) in [6, 6.07) is 5.68. The van der Waals surface area contributed by atoms with Gasteiger partial charge in [-0.15, -0.1) is 0 Å². The van der Waals surface area contributed by atoms with Crippen LogP contribution in [0, 0.1) is 5.82 Å². The molecule has 1 unspecified atom stereocenters. The van der Waals surface area contributed by atoms with E-state index >= 15 is 0 Å². The molecule has 1 aromatic carbocycles. The number of carbonyl (C=O) groups excluding carboxylic acids is 2. The van der Waals surface area contributed by atoms with Crippen molar-refractivity contribution in [3.05, 3.63) is 30.1 Å². The van der Waals surface area contributed by atoms with Gasteiger partial charge in [0.05, 0.1) is 6.54 Å². The Hall–Kier alpha value is -2.15. The minimum absolute atomic E-state index is 0.0755. The smallest absolute Gasteiger partial charge is 0.260 e. The third-order valence-corrected chi connectivity index (χ3v) is 4.49. The van der Waals surface area contributed by atoms with E-state index in [1.165, 1.54) is 24.3 Å². The maximum atomic E-state index is 12.9. The van der Waals surface area contributed by atoms with Gasteiger partial charge in [0.2, 0.25) is 5.91 Å². The number of piperidine rings is 1. The second-order valence-electron chi connectivity index (χ2n) is 6.14. The van der Waals surface area contributed by atoms with Gasteiger partial charge in [0, 0.05) is 32.2 Å². The summed E-state index contributed by atoms with van der Waals surface area (Å²) in [5.41, 5.74) is 0. The summed E-state index contributed by atoms with van der Waals surface area (Å²) in [7, 11) is 0. The zero-order valence-corrected chi connectivity index (χ0v) is 13.5. The fourth-order valence-corrected chi connectivity index (χ4v) is 3.21. The van der Waals surface area contributed by atoms with Gasteiger partial charge in [-0.3, -0.25) is 9.59 Å². The van der Waals surface area contributed by atoms with Crippen molar-refractivity contribution in [2.45, 2.75) is 18.9 Å². The molecule has 2 amide bonds. The first-order valence-electron chi connectivity index (χ1n) is 8.30. The molecule has 130 valence electrons. The van der Waals surface area contributed by atoms with Gasteiger partial charge in [0.15, 0.2) is 6.61 Å². The number of nitrogens with one attached hydrogen (secondary N) is 1. The summed E-state index contributed by atoms with van der Waals surface area (Å²) in [4.78, 5) is 28.0. The monoisotopic (exact) mass is 335 g/mol. The molecule has 2 aliphatic rings. The van der Waals surface area contributed by atoms with E-state index in [0.29, 0.717) is 31.9 Å². The molecule has 6 nitrogen and oxygen atoms in total. The lowest BCUT2D eigenvalue weighted by Crippen LogP contribution is -2.57. The molecule has 3 rings (SSSR count). The van der Waals surface area contributed by atoms with Crippen LogP contribution in [-0.4, -0.2) is 67.0 Å².